The molecule has 1 rings (SSSR count). The molecule has 1 amide bonds. The highest BCUT2D eigenvalue weighted by Crippen LogP contribution is 2.36. The van der Waals surface area contributed by atoms with Gasteiger partial charge in [-0.05, 0) is 25.1 Å². The molecule has 0 spiro atoms. The molecular weight excluding hydrogens is 370 g/mol. The van der Waals surface area contributed by atoms with Gasteiger partial charge in [0.05, 0.1) is 6.61 Å². The number of aryl methyl sites for hydroxylation is 1. The van der Waals surface area contributed by atoms with Crippen LogP contribution in [0, 0.1) is 6.92 Å². The van der Waals surface area contributed by atoms with Gasteiger partial charge in [0.1, 0.15) is 13.1 Å². The van der Waals surface area contributed by atoms with E-state index in [-0.39, 0.29) is 30.3 Å². The maximum absolute atomic E-state index is 12.5. The maximum Gasteiger partial charge on any atom is 0.328 e. The highest BCUT2D eigenvalue weighted by atomic mass is 28.4. The number of carbonyl (C=O) groups is 2. The summed E-state index contributed by atoms with van der Waals surface area (Å²) in [5, 5.41) is 9.08. The zero-order chi connectivity index (χ0) is 21.0. The van der Waals surface area contributed by atoms with Gasteiger partial charge in [-0.2, -0.15) is 0 Å². The zero-order valence-electron chi connectivity index (χ0n) is 16.8. The molecule has 0 aliphatic rings. The Hall–Kier alpha value is -2.20. The van der Waals surface area contributed by atoms with E-state index in [1.807, 2.05) is 0 Å². The van der Waals surface area contributed by atoms with E-state index in [1.54, 1.807) is 0 Å². The summed E-state index contributed by atoms with van der Waals surface area (Å²) in [6.07, 6.45) is 1.28. The van der Waals surface area contributed by atoms with E-state index in [4.69, 9.17) is 9.53 Å². The Kier molecular flexibility index (Phi) is 7.32. The Morgan fingerprint density at radius 3 is 2.41 bits per heavy atom. The van der Waals surface area contributed by atoms with Gasteiger partial charge in [-0.1, -0.05) is 20.8 Å². The van der Waals surface area contributed by atoms with Crippen LogP contribution in [-0.4, -0.2) is 59.4 Å². The van der Waals surface area contributed by atoms with Crippen molar-refractivity contribution in [3.63, 3.8) is 0 Å². The van der Waals surface area contributed by atoms with E-state index >= 15 is 0 Å². The fraction of sp³-hybridized carbons (Fsp3) is 0.647. The molecule has 1 heterocycles. The number of carboxylic acid groups (broad SMARTS) is 1. The van der Waals surface area contributed by atoms with E-state index in [0.717, 1.165) is 9.47 Å². The number of hydrogen-bond acceptors (Lipinski definition) is 5. The number of rotatable bonds is 8. The van der Waals surface area contributed by atoms with Gasteiger partial charge >= 0.3 is 11.7 Å². The lowest BCUT2D eigenvalue weighted by molar-refractivity contribution is -0.145. The average molecular weight is 400 g/mol. The molecule has 2 N–H and O–H groups in total. The largest absolute Gasteiger partial charge is 0.480 e. The molecule has 1 aromatic rings. The number of carbonyl (C=O) groups excluding carboxylic acids is 1. The second-order valence-electron chi connectivity index (χ2n) is 8.02. The third-order valence-electron chi connectivity index (χ3n) is 4.80. The number of aromatic nitrogens is 2. The highest BCUT2D eigenvalue weighted by molar-refractivity contribution is 6.74. The van der Waals surface area contributed by atoms with E-state index in [0.29, 0.717) is 0 Å². The molecular formula is C17H29N3O6Si. The van der Waals surface area contributed by atoms with Crippen molar-refractivity contribution in [1.29, 1.82) is 0 Å². The molecule has 0 radical (unpaired) electrons. The molecule has 0 saturated carbocycles. The molecule has 0 unspecified atom stereocenters. The first-order valence-electron chi connectivity index (χ1n) is 8.68. The molecule has 152 valence electrons. The molecule has 0 aliphatic heterocycles. The molecule has 9 nitrogen and oxygen atoms in total. The predicted octanol–water partition coefficient (Wildman–Crippen LogP) is 0.780. The zero-order valence-corrected chi connectivity index (χ0v) is 17.8. The smallest absolute Gasteiger partial charge is 0.328 e. The number of carboxylic acids is 1. The van der Waals surface area contributed by atoms with Crippen LogP contribution >= 0.6 is 0 Å². The third kappa shape index (κ3) is 6.47. The van der Waals surface area contributed by atoms with E-state index in [1.165, 1.54) is 13.1 Å². The van der Waals surface area contributed by atoms with Gasteiger partial charge in [0.15, 0.2) is 8.32 Å². The first-order valence-corrected chi connectivity index (χ1v) is 11.6. The van der Waals surface area contributed by atoms with E-state index in [9.17, 15) is 19.2 Å². The number of aliphatic carboxylic acids is 1. The summed E-state index contributed by atoms with van der Waals surface area (Å²) in [6, 6.07) is 0. The number of aromatic amines is 1. The second kappa shape index (κ2) is 8.66. The third-order valence-corrected chi connectivity index (χ3v) is 9.34. The van der Waals surface area contributed by atoms with Gasteiger partial charge in [-0.3, -0.25) is 23.9 Å². The Balaban J connectivity index is 2.86. The van der Waals surface area contributed by atoms with Crippen LogP contribution in [0.1, 0.15) is 26.3 Å². The lowest BCUT2D eigenvalue weighted by Crippen LogP contribution is -2.45. The monoisotopic (exact) mass is 399 g/mol. The predicted molar refractivity (Wildman–Crippen MR) is 103 cm³/mol. The van der Waals surface area contributed by atoms with Crippen molar-refractivity contribution in [2.75, 3.05) is 19.7 Å². The van der Waals surface area contributed by atoms with Crippen molar-refractivity contribution in [1.82, 2.24) is 14.5 Å². The Labute approximate surface area is 159 Å². The molecule has 0 atom stereocenters. The summed E-state index contributed by atoms with van der Waals surface area (Å²) >= 11 is 0. The summed E-state index contributed by atoms with van der Waals surface area (Å²) < 4.78 is 7.06. The number of H-pyrrole nitrogens is 1. The first kappa shape index (κ1) is 22.8. The van der Waals surface area contributed by atoms with Crippen LogP contribution in [-0.2, 0) is 20.6 Å². The number of hydrogen-bond donors (Lipinski definition) is 2. The van der Waals surface area contributed by atoms with Crippen LogP contribution in [0.25, 0.3) is 0 Å². The van der Waals surface area contributed by atoms with Crippen molar-refractivity contribution in [3.8, 4) is 0 Å². The summed E-state index contributed by atoms with van der Waals surface area (Å²) in [6.45, 7) is 11.4. The molecule has 0 aromatic carbocycles. The van der Waals surface area contributed by atoms with Crippen LogP contribution in [0.2, 0.25) is 18.1 Å². The minimum Gasteiger partial charge on any atom is -0.480 e. The fourth-order valence-corrected chi connectivity index (χ4v) is 3.10. The Morgan fingerprint density at radius 2 is 1.89 bits per heavy atom. The summed E-state index contributed by atoms with van der Waals surface area (Å²) in [5.74, 6) is -1.69. The number of nitrogens with zero attached hydrogens (tertiary/aromatic N) is 2. The van der Waals surface area contributed by atoms with Crippen molar-refractivity contribution in [2.24, 2.45) is 0 Å². The maximum atomic E-state index is 12.5. The normalized spacial score (nSPS) is 12.1. The van der Waals surface area contributed by atoms with Gasteiger partial charge in [0.2, 0.25) is 5.91 Å². The van der Waals surface area contributed by atoms with Crippen LogP contribution < -0.4 is 11.2 Å². The lowest BCUT2D eigenvalue weighted by Gasteiger charge is -2.36. The fourth-order valence-electron chi connectivity index (χ4n) is 2.06. The summed E-state index contributed by atoms with van der Waals surface area (Å²) in [7, 11) is -2.02. The average Bonchev–Trinajstić information content (AvgIpc) is 2.49. The Morgan fingerprint density at radius 1 is 1.30 bits per heavy atom. The van der Waals surface area contributed by atoms with Gasteiger partial charge in [-0.15, -0.1) is 0 Å². The first-order chi connectivity index (χ1) is 12.2. The second-order valence-corrected chi connectivity index (χ2v) is 12.8. The Bertz CT molecular complexity index is 806. The minimum atomic E-state index is -2.02. The molecule has 0 saturated heterocycles. The van der Waals surface area contributed by atoms with Crippen molar-refractivity contribution < 1.29 is 19.1 Å². The van der Waals surface area contributed by atoms with E-state index < -0.39 is 38.0 Å². The van der Waals surface area contributed by atoms with E-state index in [2.05, 4.69) is 38.8 Å². The van der Waals surface area contributed by atoms with Crippen LogP contribution in [0.4, 0.5) is 0 Å². The number of nitrogens with one attached hydrogen (secondary N) is 1. The lowest BCUT2D eigenvalue weighted by atomic mass is 10.2. The summed E-state index contributed by atoms with van der Waals surface area (Å²) in [5.41, 5.74) is -0.950. The van der Waals surface area contributed by atoms with Crippen LogP contribution in [0.5, 0.6) is 0 Å². The van der Waals surface area contributed by atoms with Crippen LogP contribution in [0.15, 0.2) is 15.8 Å². The molecule has 0 fully saturated rings. The highest BCUT2D eigenvalue weighted by Gasteiger charge is 2.37. The van der Waals surface area contributed by atoms with Gasteiger partial charge in [0.25, 0.3) is 5.56 Å². The molecule has 27 heavy (non-hydrogen) atoms. The standard InChI is InChI=1S/C17H29N3O6Si/c1-12-9-20(16(25)18-15(12)24)10-13(21)19(11-14(22)23)7-8-26-27(5,6)17(2,3)4/h9H,7-8,10-11H2,1-6H3,(H,22,23)(H,18,24,25). The van der Waals surface area contributed by atoms with Crippen molar-refractivity contribution >= 4 is 20.2 Å². The van der Waals surface area contributed by atoms with Gasteiger partial charge < -0.3 is 14.4 Å². The minimum absolute atomic E-state index is 0.00458. The van der Waals surface area contributed by atoms with Crippen molar-refractivity contribution in [2.45, 2.75) is 52.4 Å². The number of amides is 1. The quantitative estimate of drug-likeness (QED) is 0.623. The van der Waals surface area contributed by atoms with Crippen LogP contribution in [0.3, 0.4) is 0 Å². The SMILES string of the molecule is Cc1cn(CC(=O)N(CCO[Si](C)(C)C(C)(C)C)CC(=O)O)c(=O)[nH]c1=O. The van der Waals surface area contributed by atoms with Crippen molar-refractivity contribution in [3.05, 3.63) is 32.6 Å². The van der Waals surface area contributed by atoms with Gasteiger partial charge in [-0.25, -0.2) is 4.79 Å². The summed E-state index contributed by atoms with van der Waals surface area (Å²) in [4.78, 5) is 50.1. The topological polar surface area (TPSA) is 122 Å². The van der Waals surface area contributed by atoms with Gasteiger partial charge in [0, 0.05) is 18.3 Å². The molecule has 0 aliphatic carbocycles. The molecule has 1 aromatic heterocycles. The molecule has 10 heteroatoms. The molecule has 0 bridgehead atoms.